The molecule has 33 heavy (non-hydrogen) atoms. The molecule has 1 unspecified atom stereocenters. The van der Waals surface area contributed by atoms with Gasteiger partial charge in [0.2, 0.25) is 0 Å². The Balaban J connectivity index is 2.08. The molecule has 2 aromatic carbocycles. The van der Waals surface area contributed by atoms with Gasteiger partial charge in [-0.25, -0.2) is 14.3 Å². The van der Waals surface area contributed by atoms with Gasteiger partial charge in [-0.3, -0.25) is 0 Å². The number of nitrogens with zero attached hydrogens (tertiary/aromatic N) is 3. The van der Waals surface area contributed by atoms with Gasteiger partial charge in [-0.15, -0.1) is 0 Å². The van der Waals surface area contributed by atoms with Gasteiger partial charge in [0.05, 0.1) is 22.0 Å². The van der Waals surface area contributed by atoms with Gasteiger partial charge in [-0.1, -0.05) is 54.1 Å². The fourth-order valence-electron chi connectivity index (χ4n) is 3.85. The third-order valence-electron chi connectivity index (χ3n) is 5.24. The van der Waals surface area contributed by atoms with Crippen molar-refractivity contribution in [2.75, 3.05) is 0 Å². The number of halogens is 1. The summed E-state index contributed by atoms with van der Waals surface area (Å²) in [5.41, 5.74) is 4.76. The standard InChI is InChI=1S/C26H26ClN3O3/c1-15-11-12-18(19(27)13-15)23-22(24(25(31)32)33-26(3,4)5)16(2)28-21-14-20(29-30(21)23)17-9-7-6-8-10-17/h6-14,24H,1-5H3,(H,31,32). The number of aryl methyl sites for hydroxylation is 2. The van der Waals surface area contributed by atoms with Crippen LogP contribution in [-0.4, -0.2) is 31.3 Å². The molecule has 4 aromatic rings. The average molecular weight is 464 g/mol. The van der Waals surface area contributed by atoms with E-state index in [1.165, 1.54) is 0 Å². The molecule has 1 atom stereocenters. The number of aromatic nitrogens is 3. The maximum absolute atomic E-state index is 12.4. The van der Waals surface area contributed by atoms with Crippen LogP contribution in [0.3, 0.4) is 0 Å². The molecule has 0 saturated heterocycles. The van der Waals surface area contributed by atoms with Gasteiger partial charge in [0.25, 0.3) is 0 Å². The molecule has 0 saturated carbocycles. The molecular weight excluding hydrogens is 438 g/mol. The normalized spacial score (nSPS) is 12.8. The van der Waals surface area contributed by atoms with Gasteiger partial charge in [-0.2, -0.15) is 5.10 Å². The van der Waals surface area contributed by atoms with Gasteiger partial charge >= 0.3 is 5.97 Å². The topological polar surface area (TPSA) is 76.7 Å². The van der Waals surface area contributed by atoms with Crippen molar-refractivity contribution < 1.29 is 14.6 Å². The maximum atomic E-state index is 12.4. The van der Waals surface area contributed by atoms with E-state index >= 15 is 0 Å². The number of rotatable bonds is 5. The van der Waals surface area contributed by atoms with Crippen molar-refractivity contribution in [2.45, 2.75) is 46.3 Å². The summed E-state index contributed by atoms with van der Waals surface area (Å²) in [6, 6.07) is 17.3. The zero-order valence-electron chi connectivity index (χ0n) is 19.3. The minimum Gasteiger partial charge on any atom is -0.479 e. The van der Waals surface area contributed by atoms with Crippen LogP contribution in [0, 0.1) is 13.8 Å². The first-order chi connectivity index (χ1) is 15.5. The van der Waals surface area contributed by atoms with Gasteiger partial charge < -0.3 is 9.84 Å². The molecule has 0 aliphatic rings. The van der Waals surface area contributed by atoms with Crippen LogP contribution in [0.25, 0.3) is 28.2 Å². The number of hydrogen-bond donors (Lipinski definition) is 1. The summed E-state index contributed by atoms with van der Waals surface area (Å²) in [5, 5.41) is 15.4. The van der Waals surface area contributed by atoms with Gasteiger partial charge in [-0.05, 0) is 46.2 Å². The zero-order chi connectivity index (χ0) is 23.9. The summed E-state index contributed by atoms with van der Waals surface area (Å²) >= 11 is 6.68. The molecule has 7 heteroatoms. The highest BCUT2D eigenvalue weighted by Gasteiger charge is 2.33. The van der Waals surface area contributed by atoms with Crippen LogP contribution < -0.4 is 0 Å². The largest absolute Gasteiger partial charge is 0.479 e. The van der Waals surface area contributed by atoms with Crippen molar-refractivity contribution in [3.63, 3.8) is 0 Å². The lowest BCUT2D eigenvalue weighted by Gasteiger charge is -2.27. The van der Waals surface area contributed by atoms with E-state index < -0.39 is 17.7 Å². The number of hydrogen-bond acceptors (Lipinski definition) is 4. The van der Waals surface area contributed by atoms with Crippen molar-refractivity contribution in [2.24, 2.45) is 0 Å². The Labute approximate surface area is 197 Å². The molecule has 0 bridgehead atoms. The molecule has 0 radical (unpaired) electrons. The summed E-state index contributed by atoms with van der Waals surface area (Å²) in [6.07, 6.45) is -1.25. The van der Waals surface area contributed by atoms with E-state index in [-0.39, 0.29) is 0 Å². The second kappa shape index (κ2) is 8.61. The molecule has 0 amide bonds. The van der Waals surface area contributed by atoms with E-state index in [0.717, 1.165) is 16.8 Å². The van der Waals surface area contributed by atoms with Crippen molar-refractivity contribution in [3.8, 4) is 22.5 Å². The van der Waals surface area contributed by atoms with Crippen LogP contribution in [0.4, 0.5) is 0 Å². The number of aliphatic carboxylic acids is 1. The van der Waals surface area contributed by atoms with E-state index in [0.29, 0.717) is 33.2 Å². The molecule has 0 fully saturated rings. The number of carbonyl (C=O) groups is 1. The third-order valence-corrected chi connectivity index (χ3v) is 5.55. The van der Waals surface area contributed by atoms with Crippen LogP contribution in [0.2, 0.25) is 5.02 Å². The van der Waals surface area contributed by atoms with Crippen molar-refractivity contribution in [1.82, 2.24) is 14.6 Å². The van der Waals surface area contributed by atoms with Gasteiger partial charge in [0.1, 0.15) is 0 Å². The third kappa shape index (κ3) is 4.63. The predicted molar refractivity (Wildman–Crippen MR) is 130 cm³/mol. The molecule has 2 heterocycles. The Bertz CT molecular complexity index is 1340. The number of carboxylic acid groups (broad SMARTS) is 1. The Morgan fingerprint density at radius 1 is 1.09 bits per heavy atom. The van der Waals surface area contributed by atoms with Crippen molar-refractivity contribution in [3.05, 3.63) is 76.4 Å². The van der Waals surface area contributed by atoms with E-state index in [1.807, 2.05) is 82.3 Å². The van der Waals surface area contributed by atoms with Crippen LogP contribution >= 0.6 is 11.6 Å². The SMILES string of the molecule is Cc1ccc(-c2c(C(OC(C)(C)C)C(=O)O)c(C)nc3cc(-c4ccccc4)nn23)c(Cl)c1. The second-order valence-electron chi connectivity index (χ2n) is 9.06. The lowest BCUT2D eigenvalue weighted by molar-refractivity contribution is -0.160. The fraction of sp³-hybridized carbons (Fsp3) is 0.269. The van der Waals surface area contributed by atoms with Crippen molar-refractivity contribution >= 4 is 23.2 Å². The molecule has 0 aliphatic carbocycles. The number of benzene rings is 2. The lowest BCUT2D eigenvalue weighted by atomic mass is 9.98. The highest BCUT2D eigenvalue weighted by molar-refractivity contribution is 6.33. The first kappa shape index (κ1) is 23.0. The van der Waals surface area contributed by atoms with Crippen LogP contribution in [0.1, 0.15) is 43.7 Å². The Kier molecular flexibility index (Phi) is 5.99. The van der Waals surface area contributed by atoms with Gasteiger partial charge in [0, 0.05) is 28.5 Å². The minimum absolute atomic E-state index is 0.429. The van der Waals surface area contributed by atoms with Crippen LogP contribution in [-0.2, 0) is 9.53 Å². The fourth-order valence-corrected chi connectivity index (χ4v) is 4.18. The Morgan fingerprint density at radius 3 is 2.39 bits per heavy atom. The summed E-state index contributed by atoms with van der Waals surface area (Å²) in [5.74, 6) is -1.10. The molecule has 2 aromatic heterocycles. The summed E-state index contributed by atoms with van der Waals surface area (Å²) in [4.78, 5) is 17.1. The summed E-state index contributed by atoms with van der Waals surface area (Å²) in [7, 11) is 0. The monoisotopic (exact) mass is 463 g/mol. The van der Waals surface area contributed by atoms with Crippen LogP contribution in [0.5, 0.6) is 0 Å². The van der Waals surface area contributed by atoms with E-state index in [9.17, 15) is 9.90 Å². The molecule has 4 rings (SSSR count). The highest BCUT2D eigenvalue weighted by Crippen LogP contribution is 2.39. The average Bonchev–Trinajstić information content (AvgIpc) is 3.15. The smallest absolute Gasteiger partial charge is 0.337 e. The van der Waals surface area contributed by atoms with Crippen molar-refractivity contribution in [1.29, 1.82) is 0 Å². The Morgan fingerprint density at radius 2 is 1.79 bits per heavy atom. The minimum atomic E-state index is -1.25. The molecule has 1 N–H and O–H groups in total. The molecule has 0 aliphatic heterocycles. The summed E-state index contributed by atoms with van der Waals surface area (Å²) < 4.78 is 7.68. The maximum Gasteiger partial charge on any atom is 0.337 e. The number of carboxylic acids is 1. The number of ether oxygens (including phenoxy) is 1. The highest BCUT2D eigenvalue weighted by atomic mass is 35.5. The first-order valence-electron chi connectivity index (χ1n) is 10.7. The zero-order valence-corrected chi connectivity index (χ0v) is 20.0. The lowest BCUT2D eigenvalue weighted by Crippen LogP contribution is -2.29. The second-order valence-corrected chi connectivity index (χ2v) is 9.46. The summed E-state index contributed by atoms with van der Waals surface area (Å²) in [6.45, 7) is 9.21. The quantitative estimate of drug-likeness (QED) is 0.377. The molecular formula is C26H26ClN3O3. The predicted octanol–water partition coefficient (Wildman–Crippen LogP) is 6.27. The molecule has 6 nitrogen and oxygen atoms in total. The van der Waals surface area contributed by atoms with Gasteiger partial charge in [0.15, 0.2) is 11.8 Å². The van der Waals surface area contributed by atoms with Crippen LogP contribution in [0.15, 0.2) is 54.6 Å². The van der Waals surface area contributed by atoms with E-state index in [2.05, 4.69) is 0 Å². The molecule has 170 valence electrons. The molecule has 0 spiro atoms. The first-order valence-corrected chi connectivity index (χ1v) is 11.1. The van der Waals surface area contributed by atoms with E-state index in [1.54, 1.807) is 11.4 Å². The Hall–Kier alpha value is -3.22. The number of fused-ring (bicyclic) bond motifs is 1. The van der Waals surface area contributed by atoms with E-state index in [4.69, 9.17) is 26.4 Å².